The molecule has 0 aromatic carbocycles. The summed E-state index contributed by atoms with van der Waals surface area (Å²) in [5, 5.41) is 17.7. The van der Waals surface area contributed by atoms with E-state index in [-0.39, 0.29) is 36.6 Å². The zero-order valence-electron chi connectivity index (χ0n) is 19.8. The van der Waals surface area contributed by atoms with Crippen LogP contribution >= 0.6 is 0 Å². The number of aryl methyl sites for hydroxylation is 2. The zero-order valence-corrected chi connectivity index (χ0v) is 19.8. The lowest BCUT2D eigenvalue weighted by Gasteiger charge is -2.29. The summed E-state index contributed by atoms with van der Waals surface area (Å²) in [5.74, 6) is 0.569. The molecule has 2 heterocycles. The van der Waals surface area contributed by atoms with Crippen LogP contribution in [0.3, 0.4) is 0 Å². The molecule has 0 saturated heterocycles. The van der Waals surface area contributed by atoms with Gasteiger partial charge >= 0.3 is 12.1 Å². The average molecular weight is 470 g/mol. The molecule has 10 heteroatoms. The Balaban J connectivity index is 1.24. The molecule has 3 aliphatic carbocycles. The van der Waals surface area contributed by atoms with Gasteiger partial charge in [-0.2, -0.15) is 0 Å². The Kier molecular flexibility index (Phi) is 5.91. The molecular weight excluding hydrogens is 438 g/mol. The number of nitrogens with zero attached hydrogens (tertiary/aromatic N) is 5. The number of hydrogen-bond donors (Lipinski definition) is 1. The van der Waals surface area contributed by atoms with Gasteiger partial charge in [-0.15, -0.1) is 5.10 Å². The van der Waals surface area contributed by atoms with Gasteiger partial charge in [-0.3, -0.25) is 4.79 Å². The van der Waals surface area contributed by atoms with E-state index in [1.54, 1.807) is 23.7 Å². The van der Waals surface area contributed by atoms with Crippen LogP contribution < -0.4 is 4.74 Å². The summed E-state index contributed by atoms with van der Waals surface area (Å²) >= 11 is 0. The van der Waals surface area contributed by atoms with Gasteiger partial charge in [-0.1, -0.05) is 11.6 Å². The molecule has 4 atom stereocenters. The quantitative estimate of drug-likeness (QED) is 0.626. The lowest BCUT2D eigenvalue weighted by Crippen LogP contribution is -2.34. The summed E-state index contributed by atoms with van der Waals surface area (Å²) in [5.41, 5.74) is 2.53. The number of aliphatic carboxylic acids is 1. The summed E-state index contributed by atoms with van der Waals surface area (Å²) in [7, 11) is 3.52. The third kappa shape index (κ3) is 4.21. The molecule has 34 heavy (non-hydrogen) atoms. The minimum atomic E-state index is -0.724. The Morgan fingerprint density at radius 1 is 1.24 bits per heavy atom. The van der Waals surface area contributed by atoms with Crippen molar-refractivity contribution in [3.63, 3.8) is 0 Å². The molecule has 0 bridgehead atoms. The Morgan fingerprint density at radius 3 is 2.68 bits per heavy atom. The van der Waals surface area contributed by atoms with Crippen LogP contribution in [0.25, 0.3) is 11.4 Å². The summed E-state index contributed by atoms with van der Waals surface area (Å²) in [6.45, 7) is 2.62. The summed E-state index contributed by atoms with van der Waals surface area (Å²) in [6.07, 6.45) is 4.89. The van der Waals surface area contributed by atoms with Crippen LogP contribution in [-0.2, 0) is 23.2 Å². The molecule has 0 radical (unpaired) electrons. The van der Waals surface area contributed by atoms with Gasteiger partial charge in [0.25, 0.3) is 0 Å². The molecule has 3 saturated carbocycles. The Bertz CT molecular complexity index is 1100. The van der Waals surface area contributed by atoms with Gasteiger partial charge < -0.3 is 19.5 Å². The van der Waals surface area contributed by atoms with Crippen LogP contribution in [0.2, 0.25) is 0 Å². The molecule has 1 N–H and O–H groups in total. The number of fused-ring (bicyclic) bond motifs is 1. The number of ether oxygens (including phenoxy) is 2. The first-order valence-electron chi connectivity index (χ1n) is 12.0. The van der Waals surface area contributed by atoms with E-state index >= 15 is 0 Å². The summed E-state index contributed by atoms with van der Waals surface area (Å²) in [6, 6.07) is 3.66. The van der Waals surface area contributed by atoms with Crippen LogP contribution in [-0.4, -0.2) is 61.7 Å². The molecule has 10 nitrogen and oxygen atoms in total. The smallest absolute Gasteiger partial charge is 0.409 e. The number of hydrogen-bond acceptors (Lipinski definition) is 7. The molecule has 182 valence electrons. The SMILES string of the molecule is Cc1nc(-c2nnn(C)c2COC(=O)N(C)CC2CCC2)ccc1O[C@H]1CCC2C(C(=O)O)C21. The minimum Gasteiger partial charge on any atom is -0.488 e. The first-order valence-corrected chi connectivity index (χ1v) is 12.0. The number of amides is 1. The molecule has 3 unspecified atom stereocenters. The third-order valence-corrected chi connectivity index (χ3v) is 7.63. The predicted octanol–water partition coefficient (Wildman–Crippen LogP) is 3.04. The topological polar surface area (TPSA) is 120 Å². The van der Waals surface area contributed by atoms with Crippen LogP contribution in [0.15, 0.2) is 12.1 Å². The average Bonchev–Trinajstić information content (AvgIpc) is 3.19. The zero-order chi connectivity index (χ0) is 24.0. The highest BCUT2D eigenvalue weighted by molar-refractivity contribution is 5.75. The number of rotatable bonds is 8. The van der Waals surface area contributed by atoms with Crippen molar-refractivity contribution < 1.29 is 24.2 Å². The second-order valence-corrected chi connectivity index (χ2v) is 9.86. The number of pyridine rings is 1. The van der Waals surface area contributed by atoms with Crippen molar-refractivity contribution in [1.82, 2.24) is 24.9 Å². The number of carboxylic acid groups (broad SMARTS) is 1. The number of carboxylic acids is 1. The summed E-state index contributed by atoms with van der Waals surface area (Å²) < 4.78 is 13.3. The lowest BCUT2D eigenvalue weighted by molar-refractivity contribution is -0.139. The van der Waals surface area contributed by atoms with Gasteiger partial charge in [0.1, 0.15) is 29.8 Å². The Morgan fingerprint density at radius 2 is 2.03 bits per heavy atom. The fourth-order valence-electron chi connectivity index (χ4n) is 5.40. The molecule has 3 fully saturated rings. The molecular formula is C24H31N5O5. The maximum Gasteiger partial charge on any atom is 0.409 e. The Hall–Kier alpha value is -3.17. The van der Waals surface area contributed by atoms with Crippen LogP contribution in [0.1, 0.15) is 43.5 Å². The number of carbonyl (C=O) groups excluding carboxylic acids is 1. The molecule has 1 amide bonds. The van der Waals surface area contributed by atoms with E-state index in [4.69, 9.17) is 9.47 Å². The van der Waals surface area contributed by atoms with Crippen molar-refractivity contribution >= 4 is 12.1 Å². The normalized spacial score (nSPS) is 25.4. The molecule has 0 aliphatic heterocycles. The number of aromatic nitrogens is 4. The van der Waals surface area contributed by atoms with E-state index in [2.05, 4.69) is 15.3 Å². The van der Waals surface area contributed by atoms with Gasteiger partial charge in [-0.05, 0) is 56.6 Å². The second kappa shape index (κ2) is 8.88. The first kappa shape index (κ1) is 22.6. The summed E-state index contributed by atoms with van der Waals surface area (Å²) in [4.78, 5) is 30.1. The van der Waals surface area contributed by atoms with Gasteiger partial charge in [0, 0.05) is 26.6 Å². The van der Waals surface area contributed by atoms with Crippen molar-refractivity contribution in [2.45, 2.75) is 51.7 Å². The molecule has 2 aromatic rings. The Labute approximate surface area is 198 Å². The van der Waals surface area contributed by atoms with E-state index < -0.39 is 5.97 Å². The fraction of sp³-hybridized carbons (Fsp3) is 0.625. The highest BCUT2D eigenvalue weighted by atomic mass is 16.6. The van der Waals surface area contributed by atoms with E-state index in [0.717, 1.165) is 12.8 Å². The predicted molar refractivity (Wildman–Crippen MR) is 121 cm³/mol. The van der Waals surface area contributed by atoms with Crippen LogP contribution in [0, 0.1) is 30.6 Å². The largest absolute Gasteiger partial charge is 0.488 e. The van der Waals surface area contributed by atoms with Gasteiger partial charge in [-0.25, -0.2) is 14.5 Å². The molecule has 0 spiro atoms. The minimum absolute atomic E-state index is 0.0490. The maximum atomic E-state index is 12.4. The molecule has 5 rings (SSSR count). The van der Waals surface area contributed by atoms with E-state index in [1.165, 1.54) is 19.3 Å². The molecule has 2 aromatic heterocycles. The highest BCUT2D eigenvalue weighted by Gasteiger charge is 2.63. The van der Waals surface area contributed by atoms with Crippen molar-refractivity contribution in [3.05, 3.63) is 23.5 Å². The van der Waals surface area contributed by atoms with E-state index in [1.807, 2.05) is 19.1 Å². The van der Waals surface area contributed by atoms with Crippen molar-refractivity contribution in [3.8, 4) is 17.1 Å². The van der Waals surface area contributed by atoms with Crippen molar-refractivity contribution in [2.24, 2.45) is 30.7 Å². The van der Waals surface area contributed by atoms with E-state index in [0.29, 0.717) is 41.0 Å². The number of carbonyl (C=O) groups is 2. The second-order valence-electron chi connectivity index (χ2n) is 9.86. The van der Waals surface area contributed by atoms with Gasteiger partial charge in [0.2, 0.25) is 0 Å². The van der Waals surface area contributed by atoms with Gasteiger partial charge in [0.05, 0.1) is 17.3 Å². The van der Waals surface area contributed by atoms with Gasteiger partial charge in [0.15, 0.2) is 0 Å². The highest BCUT2D eigenvalue weighted by Crippen LogP contribution is 2.58. The van der Waals surface area contributed by atoms with Crippen molar-refractivity contribution in [2.75, 3.05) is 13.6 Å². The third-order valence-electron chi connectivity index (χ3n) is 7.63. The first-order chi connectivity index (χ1) is 16.3. The standard InChI is InChI=1S/C24H31N5O5/c1-13-18(34-19-9-7-15-20(19)21(15)23(30)31)10-8-16(25-13)22-17(29(3)27-26-22)12-33-24(32)28(2)11-14-5-4-6-14/h8,10,14-15,19-21H,4-7,9,11-12H2,1-3H3,(H,30,31)/t15?,19-,20?,21?/m0/s1. The fourth-order valence-corrected chi connectivity index (χ4v) is 5.40. The monoisotopic (exact) mass is 469 g/mol. The lowest BCUT2D eigenvalue weighted by atomic mass is 9.85. The van der Waals surface area contributed by atoms with Crippen LogP contribution in [0.4, 0.5) is 4.79 Å². The van der Waals surface area contributed by atoms with Crippen LogP contribution in [0.5, 0.6) is 5.75 Å². The maximum absolute atomic E-state index is 12.4. The van der Waals surface area contributed by atoms with E-state index in [9.17, 15) is 14.7 Å². The van der Waals surface area contributed by atoms with Crippen molar-refractivity contribution in [1.29, 1.82) is 0 Å². The molecule has 3 aliphatic rings.